The average molecular weight is 298 g/mol. The molecule has 0 saturated heterocycles. The van der Waals surface area contributed by atoms with Crippen LogP contribution in [0.4, 0.5) is 4.39 Å². The van der Waals surface area contributed by atoms with Crippen LogP contribution >= 0.6 is 11.6 Å². The van der Waals surface area contributed by atoms with E-state index in [4.69, 9.17) is 11.6 Å². The molecule has 1 aliphatic rings. The molecule has 1 fully saturated rings. The molecule has 1 N–H and O–H groups in total. The lowest BCUT2D eigenvalue weighted by molar-refractivity contribution is 0.297. The van der Waals surface area contributed by atoms with Crippen LogP contribution in [-0.4, -0.2) is 13.1 Å². The first-order chi connectivity index (χ1) is 9.72. The van der Waals surface area contributed by atoms with Gasteiger partial charge in [-0.05, 0) is 56.3 Å². The summed E-state index contributed by atoms with van der Waals surface area (Å²) >= 11 is 6.19. The van der Waals surface area contributed by atoms with Gasteiger partial charge in [-0.1, -0.05) is 43.9 Å². The number of hydrogen-bond donors (Lipinski definition) is 1. The first-order valence-corrected chi connectivity index (χ1v) is 8.23. The second-order valence-corrected chi connectivity index (χ2v) is 6.28. The van der Waals surface area contributed by atoms with E-state index in [1.54, 1.807) is 12.1 Å². The molecule has 2 atom stereocenters. The van der Waals surface area contributed by atoms with Gasteiger partial charge < -0.3 is 5.32 Å². The SMILES string of the molecule is CCNCC1CCCCCC1Cc1c(F)cccc1Cl. The van der Waals surface area contributed by atoms with Crippen LogP contribution in [-0.2, 0) is 6.42 Å². The van der Waals surface area contributed by atoms with Crippen molar-refractivity contribution >= 4 is 11.6 Å². The molecule has 0 radical (unpaired) electrons. The molecule has 0 spiro atoms. The fourth-order valence-electron chi connectivity index (χ4n) is 3.32. The van der Waals surface area contributed by atoms with Gasteiger partial charge in [0, 0.05) is 10.6 Å². The van der Waals surface area contributed by atoms with Crippen LogP contribution in [0.3, 0.4) is 0 Å². The highest BCUT2D eigenvalue weighted by Gasteiger charge is 2.25. The summed E-state index contributed by atoms with van der Waals surface area (Å²) in [6, 6.07) is 5.01. The van der Waals surface area contributed by atoms with Crippen molar-refractivity contribution in [2.45, 2.75) is 45.4 Å². The molecule has 1 aliphatic carbocycles. The normalized spacial score (nSPS) is 23.6. The largest absolute Gasteiger partial charge is 0.317 e. The highest BCUT2D eigenvalue weighted by atomic mass is 35.5. The zero-order chi connectivity index (χ0) is 14.4. The Bertz CT molecular complexity index is 401. The summed E-state index contributed by atoms with van der Waals surface area (Å²) in [7, 11) is 0. The summed E-state index contributed by atoms with van der Waals surface area (Å²) in [4.78, 5) is 0. The lowest BCUT2D eigenvalue weighted by Gasteiger charge is -2.26. The van der Waals surface area contributed by atoms with Crippen molar-refractivity contribution in [2.75, 3.05) is 13.1 Å². The summed E-state index contributed by atoms with van der Waals surface area (Å²) in [5.74, 6) is 1.04. The van der Waals surface area contributed by atoms with Gasteiger partial charge in [0.1, 0.15) is 5.82 Å². The maximum Gasteiger partial charge on any atom is 0.127 e. The Morgan fingerprint density at radius 3 is 2.65 bits per heavy atom. The van der Waals surface area contributed by atoms with Gasteiger partial charge in [-0.15, -0.1) is 0 Å². The summed E-state index contributed by atoms with van der Waals surface area (Å²) in [6.45, 7) is 4.19. The van der Waals surface area contributed by atoms with Gasteiger partial charge in [0.2, 0.25) is 0 Å². The monoisotopic (exact) mass is 297 g/mol. The van der Waals surface area contributed by atoms with Crippen molar-refractivity contribution in [3.63, 3.8) is 0 Å². The Morgan fingerprint density at radius 2 is 1.95 bits per heavy atom. The van der Waals surface area contributed by atoms with Crippen molar-refractivity contribution in [1.82, 2.24) is 5.32 Å². The summed E-state index contributed by atoms with van der Waals surface area (Å²) in [5, 5.41) is 4.04. The molecule has 0 amide bonds. The minimum atomic E-state index is -0.149. The van der Waals surface area contributed by atoms with Gasteiger partial charge in [-0.3, -0.25) is 0 Å². The third-order valence-corrected chi connectivity index (χ3v) is 4.86. The Labute approximate surface area is 126 Å². The number of hydrogen-bond acceptors (Lipinski definition) is 1. The molecule has 0 aliphatic heterocycles. The molecule has 3 heteroatoms. The van der Waals surface area contributed by atoms with E-state index in [2.05, 4.69) is 12.2 Å². The predicted octanol–water partition coefficient (Wildman–Crippen LogP) is 4.83. The Balaban J connectivity index is 2.10. The first kappa shape index (κ1) is 15.8. The minimum absolute atomic E-state index is 0.149. The van der Waals surface area contributed by atoms with Gasteiger partial charge >= 0.3 is 0 Å². The second kappa shape index (κ2) is 7.99. The number of nitrogens with one attached hydrogen (secondary N) is 1. The average Bonchev–Trinajstić information content (AvgIpc) is 2.66. The maximum absolute atomic E-state index is 14.0. The molecule has 1 nitrogen and oxygen atoms in total. The van der Waals surface area contributed by atoms with E-state index in [0.29, 0.717) is 22.4 Å². The van der Waals surface area contributed by atoms with Crippen molar-refractivity contribution in [3.8, 4) is 0 Å². The minimum Gasteiger partial charge on any atom is -0.317 e. The van der Waals surface area contributed by atoms with E-state index >= 15 is 0 Å². The van der Waals surface area contributed by atoms with Gasteiger partial charge in [0.05, 0.1) is 0 Å². The Kier molecular flexibility index (Phi) is 6.31. The fraction of sp³-hybridized carbons (Fsp3) is 0.647. The molecular weight excluding hydrogens is 273 g/mol. The molecule has 1 aromatic carbocycles. The van der Waals surface area contributed by atoms with Crippen molar-refractivity contribution < 1.29 is 4.39 Å². The van der Waals surface area contributed by atoms with E-state index in [1.807, 2.05) is 0 Å². The topological polar surface area (TPSA) is 12.0 Å². The van der Waals surface area contributed by atoms with E-state index in [-0.39, 0.29) is 5.82 Å². The van der Waals surface area contributed by atoms with Crippen LogP contribution in [0.25, 0.3) is 0 Å². The Morgan fingerprint density at radius 1 is 1.20 bits per heavy atom. The maximum atomic E-state index is 14.0. The van der Waals surface area contributed by atoms with E-state index in [1.165, 1.54) is 38.2 Å². The fourth-order valence-corrected chi connectivity index (χ4v) is 3.56. The van der Waals surface area contributed by atoms with Crippen molar-refractivity contribution in [1.29, 1.82) is 0 Å². The second-order valence-electron chi connectivity index (χ2n) is 5.87. The van der Waals surface area contributed by atoms with Crippen LogP contribution in [0.5, 0.6) is 0 Å². The van der Waals surface area contributed by atoms with E-state index in [0.717, 1.165) is 19.5 Å². The van der Waals surface area contributed by atoms with E-state index in [9.17, 15) is 4.39 Å². The molecule has 0 bridgehead atoms. The quantitative estimate of drug-likeness (QED) is 0.768. The smallest absolute Gasteiger partial charge is 0.127 e. The molecule has 0 aromatic heterocycles. The predicted molar refractivity (Wildman–Crippen MR) is 83.7 cm³/mol. The van der Waals surface area contributed by atoms with Crippen LogP contribution in [0.2, 0.25) is 5.02 Å². The summed E-state index contributed by atoms with van der Waals surface area (Å²) in [5.41, 5.74) is 0.711. The lowest BCUT2D eigenvalue weighted by Crippen LogP contribution is -2.29. The van der Waals surface area contributed by atoms with Gasteiger partial charge in [0.15, 0.2) is 0 Å². The summed E-state index contributed by atoms with van der Waals surface area (Å²) in [6.07, 6.45) is 7.10. The molecule has 2 unspecified atom stereocenters. The lowest BCUT2D eigenvalue weighted by atomic mass is 9.83. The van der Waals surface area contributed by atoms with E-state index < -0.39 is 0 Å². The molecule has 1 aromatic rings. The summed E-state index contributed by atoms with van der Waals surface area (Å²) < 4.78 is 14.0. The van der Waals surface area contributed by atoms with Crippen LogP contribution < -0.4 is 5.32 Å². The third kappa shape index (κ3) is 4.20. The number of halogens is 2. The van der Waals surface area contributed by atoms with Gasteiger partial charge in [-0.25, -0.2) is 4.39 Å². The molecule has 1 saturated carbocycles. The zero-order valence-corrected chi connectivity index (χ0v) is 13.1. The number of benzene rings is 1. The van der Waals surface area contributed by atoms with Gasteiger partial charge in [0.25, 0.3) is 0 Å². The zero-order valence-electron chi connectivity index (χ0n) is 12.3. The molecule has 2 rings (SSSR count). The van der Waals surface area contributed by atoms with Crippen molar-refractivity contribution in [2.24, 2.45) is 11.8 Å². The van der Waals surface area contributed by atoms with Crippen LogP contribution in [0.1, 0.15) is 44.6 Å². The number of rotatable bonds is 5. The molecule has 112 valence electrons. The van der Waals surface area contributed by atoms with Crippen LogP contribution in [0, 0.1) is 17.7 Å². The Hall–Kier alpha value is -0.600. The van der Waals surface area contributed by atoms with Crippen LogP contribution in [0.15, 0.2) is 18.2 Å². The van der Waals surface area contributed by atoms with Gasteiger partial charge in [-0.2, -0.15) is 0 Å². The highest BCUT2D eigenvalue weighted by molar-refractivity contribution is 6.31. The van der Waals surface area contributed by atoms with Crippen molar-refractivity contribution in [3.05, 3.63) is 34.6 Å². The highest BCUT2D eigenvalue weighted by Crippen LogP contribution is 2.33. The first-order valence-electron chi connectivity index (χ1n) is 7.86. The molecule has 20 heavy (non-hydrogen) atoms. The molecular formula is C17H25ClFN. The molecule has 0 heterocycles. The third-order valence-electron chi connectivity index (χ3n) is 4.50. The standard InChI is InChI=1S/C17H25ClFN/c1-2-20-12-14-8-5-3-4-7-13(14)11-15-16(18)9-6-10-17(15)19/h6,9-10,13-14,20H,2-5,7-8,11-12H2,1H3.